The second kappa shape index (κ2) is 6.02. The van der Waals surface area contributed by atoms with Gasteiger partial charge >= 0.3 is 0 Å². The third kappa shape index (κ3) is 3.21. The minimum Gasteiger partial charge on any atom is -0.508 e. The first-order valence-corrected chi connectivity index (χ1v) is 10.3. The molecule has 2 heteroatoms. The fourth-order valence-electron chi connectivity index (χ4n) is 5.02. The Morgan fingerprint density at radius 1 is 0.714 bits per heavy atom. The molecule has 0 fully saturated rings. The van der Waals surface area contributed by atoms with Crippen molar-refractivity contribution in [1.29, 1.82) is 0 Å². The highest BCUT2D eigenvalue weighted by molar-refractivity contribution is 5.58. The fraction of sp³-hybridized carbons (Fsp3) is 0.538. The molecule has 2 aromatic carbocycles. The molecule has 0 amide bonds. The van der Waals surface area contributed by atoms with Crippen molar-refractivity contribution in [1.82, 2.24) is 0 Å². The monoisotopic (exact) mass is 380 g/mol. The van der Waals surface area contributed by atoms with Crippen LogP contribution < -0.4 is 0 Å². The lowest BCUT2D eigenvalue weighted by Gasteiger charge is -2.31. The molecule has 1 aliphatic rings. The number of hydrogen-bond acceptors (Lipinski definition) is 2. The van der Waals surface area contributed by atoms with E-state index >= 15 is 0 Å². The van der Waals surface area contributed by atoms with E-state index < -0.39 is 0 Å². The van der Waals surface area contributed by atoms with Crippen molar-refractivity contribution >= 4 is 0 Å². The van der Waals surface area contributed by atoms with E-state index in [2.05, 4.69) is 74.4 Å². The van der Waals surface area contributed by atoms with Crippen LogP contribution in [-0.4, -0.2) is 10.2 Å². The first-order chi connectivity index (χ1) is 12.6. The molecule has 0 heterocycles. The average molecular weight is 381 g/mol. The molecular weight excluding hydrogens is 344 g/mol. The molecule has 2 nitrogen and oxygen atoms in total. The zero-order valence-corrected chi connectivity index (χ0v) is 19.0. The molecular formula is C26H36O2. The Kier molecular flexibility index (Phi) is 4.46. The molecule has 1 atom stereocenters. The van der Waals surface area contributed by atoms with Gasteiger partial charge in [0.25, 0.3) is 0 Å². The normalized spacial score (nSPS) is 21.6. The van der Waals surface area contributed by atoms with Gasteiger partial charge in [-0.3, -0.25) is 0 Å². The summed E-state index contributed by atoms with van der Waals surface area (Å²) in [7, 11) is 0. The number of benzene rings is 2. The number of aromatic hydroxyl groups is 2. The Morgan fingerprint density at radius 3 is 1.79 bits per heavy atom. The number of hydrogen-bond donors (Lipinski definition) is 2. The lowest BCUT2D eigenvalue weighted by Crippen LogP contribution is -2.24. The highest BCUT2D eigenvalue weighted by Crippen LogP contribution is 2.55. The first kappa shape index (κ1) is 20.8. The van der Waals surface area contributed by atoms with Gasteiger partial charge in [0.15, 0.2) is 0 Å². The van der Waals surface area contributed by atoms with Crippen molar-refractivity contribution in [2.24, 2.45) is 0 Å². The van der Waals surface area contributed by atoms with E-state index in [-0.39, 0.29) is 21.7 Å². The molecule has 152 valence electrons. The van der Waals surface area contributed by atoms with Crippen molar-refractivity contribution in [2.75, 3.05) is 0 Å². The van der Waals surface area contributed by atoms with Gasteiger partial charge in [-0.25, -0.2) is 0 Å². The number of phenolic OH excluding ortho intramolecular Hbond substituents is 2. The van der Waals surface area contributed by atoms with E-state index in [1.807, 2.05) is 18.2 Å². The molecule has 0 aromatic heterocycles. The van der Waals surface area contributed by atoms with Gasteiger partial charge in [-0.05, 0) is 62.6 Å². The Bertz CT molecular complexity index is 923. The minimum atomic E-state index is -0.208. The van der Waals surface area contributed by atoms with Gasteiger partial charge in [0, 0.05) is 5.41 Å². The maximum atomic E-state index is 10.8. The fourth-order valence-corrected chi connectivity index (χ4v) is 5.02. The standard InChI is InChI=1S/C26H36O2/c1-23(2,3)19-12-16(10-11-21(19)27)26(9)15-25(7,8)17-13-20(24(4,5)6)22(28)14-18(17)26/h10-14,27-28H,15H2,1-9H3. The zero-order valence-electron chi connectivity index (χ0n) is 19.0. The summed E-state index contributed by atoms with van der Waals surface area (Å²) in [6.07, 6.45) is 0.969. The summed E-state index contributed by atoms with van der Waals surface area (Å²) in [5.74, 6) is 0.730. The van der Waals surface area contributed by atoms with Gasteiger partial charge in [0.05, 0.1) is 0 Å². The van der Waals surface area contributed by atoms with Crippen LogP contribution in [0.1, 0.15) is 96.6 Å². The summed E-state index contributed by atoms with van der Waals surface area (Å²) < 4.78 is 0. The maximum Gasteiger partial charge on any atom is 0.119 e. The van der Waals surface area contributed by atoms with Crippen LogP contribution in [0.4, 0.5) is 0 Å². The number of rotatable bonds is 1. The second-order valence-electron chi connectivity index (χ2n) is 11.5. The predicted octanol–water partition coefficient (Wildman–Crippen LogP) is 6.68. The largest absolute Gasteiger partial charge is 0.508 e. The topological polar surface area (TPSA) is 40.5 Å². The highest BCUT2D eigenvalue weighted by Gasteiger charge is 2.47. The van der Waals surface area contributed by atoms with Crippen LogP contribution in [0.15, 0.2) is 30.3 Å². The quantitative estimate of drug-likeness (QED) is 0.579. The molecule has 2 aromatic rings. The Labute approximate surface area is 170 Å². The predicted molar refractivity (Wildman–Crippen MR) is 118 cm³/mol. The summed E-state index contributed by atoms with van der Waals surface area (Å²) in [6.45, 7) is 19.7. The van der Waals surface area contributed by atoms with E-state index in [9.17, 15) is 10.2 Å². The van der Waals surface area contributed by atoms with E-state index in [0.717, 1.165) is 17.5 Å². The van der Waals surface area contributed by atoms with Crippen LogP contribution >= 0.6 is 0 Å². The van der Waals surface area contributed by atoms with Crippen LogP contribution in [0.2, 0.25) is 0 Å². The van der Waals surface area contributed by atoms with Crippen molar-refractivity contribution in [3.05, 3.63) is 58.1 Å². The lowest BCUT2D eigenvalue weighted by atomic mass is 9.73. The molecule has 0 radical (unpaired) electrons. The summed E-state index contributed by atoms with van der Waals surface area (Å²) >= 11 is 0. The smallest absolute Gasteiger partial charge is 0.119 e. The SMILES string of the molecule is CC(C)(C)c1cc(C2(C)CC(C)(C)c3cc(C(C)(C)C)c(O)cc32)ccc1O. The van der Waals surface area contributed by atoms with Crippen LogP contribution in [0.5, 0.6) is 11.5 Å². The molecule has 3 rings (SSSR count). The van der Waals surface area contributed by atoms with E-state index in [4.69, 9.17) is 0 Å². The second-order valence-corrected chi connectivity index (χ2v) is 11.5. The van der Waals surface area contributed by atoms with Crippen LogP contribution in [-0.2, 0) is 21.7 Å². The molecule has 1 unspecified atom stereocenters. The zero-order chi connectivity index (χ0) is 21.3. The number of fused-ring (bicyclic) bond motifs is 1. The molecule has 0 saturated carbocycles. The Hall–Kier alpha value is -1.96. The lowest BCUT2D eigenvalue weighted by molar-refractivity contribution is 0.419. The van der Waals surface area contributed by atoms with Crippen molar-refractivity contribution in [3.63, 3.8) is 0 Å². The van der Waals surface area contributed by atoms with Gasteiger partial charge in [0.1, 0.15) is 11.5 Å². The Balaban J connectivity index is 2.26. The van der Waals surface area contributed by atoms with E-state index in [1.54, 1.807) is 0 Å². The van der Waals surface area contributed by atoms with Crippen LogP contribution in [0.3, 0.4) is 0 Å². The van der Waals surface area contributed by atoms with E-state index in [0.29, 0.717) is 11.5 Å². The molecule has 0 saturated heterocycles. The summed E-state index contributed by atoms with van der Waals surface area (Å²) in [5.41, 5.74) is 5.26. The van der Waals surface area contributed by atoms with Gasteiger partial charge in [-0.2, -0.15) is 0 Å². The van der Waals surface area contributed by atoms with Crippen molar-refractivity contribution in [3.8, 4) is 11.5 Å². The van der Waals surface area contributed by atoms with Gasteiger partial charge in [-0.1, -0.05) is 80.5 Å². The Morgan fingerprint density at radius 2 is 1.25 bits per heavy atom. The summed E-state index contributed by atoms with van der Waals surface area (Å²) in [5, 5.41) is 21.3. The van der Waals surface area contributed by atoms with E-state index in [1.165, 1.54) is 16.7 Å². The molecule has 0 spiro atoms. The molecule has 0 bridgehead atoms. The van der Waals surface area contributed by atoms with Crippen molar-refractivity contribution in [2.45, 2.75) is 90.4 Å². The average Bonchev–Trinajstić information content (AvgIpc) is 2.71. The summed E-state index contributed by atoms with van der Waals surface area (Å²) in [4.78, 5) is 0. The first-order valence-electron chi connectivity index (χ1n) is 10.3. The van der Waals surface area contributed by atoms with Gasteiger partial charge in [0.2, 0.25) is 0 Å². The summed E-state index contributed by atoms with van der Waals surface area (Å²) in [6, 6.07) is 10.3. The molecule has 28 heavy (non-hydrogen) atoms. The van der Waals surface area contributed by atoms with Crippen LogP contribution in [0.25, 0.3) is 0 Å². The highest BCUT2D eigenvalue weighted by atomic mass is 16.3. The molecule has 2 N–H and O–H groups in total. The maximum absolute atomic E-state index is 10.8. The third-order valence-electron chi connectivity index (χ3n) is 6.50. The number of phenols is 2. The van der Waals surface area contributed by atoms with Gasteiger partial charge < -0.3 is 10.2 Å². The molecule has 1 aliphatic carbocycles. The third-order valence-corrected chi connectivity index (χ3v) is 6.50. The van der Waals surface area contributed by atoms with Gasteiger partial charge in [-0.15, -0.1) is 0 Å². The van der Waals surface area contributed by atoms with Crippen molar-refractivity contribution < 1.29 is 10.2 Å². The molecule has 0 aliphatic heterocycles. The minimum absolute atomic E-state index is 0.0115. The van der Waals surface area contributed by atoms with Crippen LogP contribution in [0, 0.1) is 0 Å².